The molecule has 2 aliphatic heterocycles. The number of likely N-dealkylation sites (tertiary alicyclic amines) is 1. The van der Waals surface area contributed by atoms with E-state index in [2.05, 4.69) is 61.5 Å². The second-order valence-corrected chi connectivity index (χ2v) is 8.93. The lowest BCUT2D eigenvalue weighted by Crippen LogP contribution is -2.39. The van der Waals surface area contributed by atoms with Crippen LogP contribution < -0.4 is 10.2 Å². The minimum absolute atomic E-state index is 0. The van der Waals surface area contributed by atoms with Crippen LogP contribution >= 0.6 is 24.0 Å². The summed E-state index contributed by atoms with van der Waals surface area (Å²) in [5.74, 6) is 2.63. The fraction of sp³-hybridized carbons (Fsp3) is 0.538. The predicted molar refractivity (Wildman–Crippen MR) is 146 cm³/mol. The quantitative estimate of drug-likeness (QED) is 0.301. The minimum atomic E-state index is 0. The van der Waals surface area contributed by atoms with Crippen LogP contribution in [0.4, 0.5) is 5.82 Å². The summed E-state index contributed by atoms with van der Waals surface area (Å²) < 4.78 is 5.98. The molecule has 1 atom stereocenters. The Kier molecular flexibility index (Phi) is 10.7. The number of anilines is 1. The number of halogens is 1. The molecule has 0 amide bonds. The topological polar surface area (TPSA) is 53.0 Å². The zero-order valence-corrected chi connectivity index (χ0v) is 22.1. The lowest BCUT2D eigenvalue weighted by atomic mass is 10.1. The Morgan fingerprint density at radius 1 is 1.06 bits per heavy atom. The normalized spacial score (nSPS) is 19.2. The van der Waals surface area contributed by atoms with E-state index < -0.39 is 0 Å². The Morgan fingerprint density at radius 3 is 2.61 bits per heavy atom. The summed E-state index contributed by atoms with van der Waals surface area (Å²) in [4.78, 5) is 14.0. The van der Waals surface area contributed by atoms with E-state index in [-0.39, 0.29) is 24.0 Å². The van der Waals surface area contributed by atoms with Gasteiger partial charge in [-0.25, -0.2) is 4.98 Å². The van der Waals surface area contributed by atoms with Gasteiger partial charge in [0.05, 0.1) is 13.2 Å². The second kappa shape index (κ2) is 13.7. The van der Waals surface area contributed by atoms with Crippen molar-refractivity contribution in [2.75, 3.05) is 44.7 Å². The zero-order valence-electron chi connectivity index (χ0n) is 19.8. The van der Waals surface area contributed by atoms with E-state index in [1.54, 1.807) is 0 Å². The SMILES string of the molecule is CN=C(NCc1ccnc(N2CCCCCC2)c1)N1CCC(COCc2ccccc2)C1.I. The van der Waals surface area contributed by atoms with Gasteiger partial charge >= 0.3 is 0 Å². The number of hydrogen-bond acceptors (Lipinski definition) is 4. The van der Waals surface area contributed by atoms with Gasteiger partial charge in [0, 0.05) is 51.9 Å². The van der Waals surface area contributed by atoms with Gasteiger partial charge in [0.2, 0.25) is 0 Å². The molecule has 2 aromatic rings. The first kappa shape index (κ1) is 25.7. The molecule has 7 heteroatoms. The van der Waals surface area contributed by atoms with Crippen molar-refractivity contribution in [2.24, 2.45) is 10.9 Å². The van der Waals surface area contributed by atoms with E-state index in [9.17, 15) is 0 Å². The number of ether oxygens (including phenoxy) is 1. The van der Waals surface area contributed by atoms with Gasteiger partial charge in [-0.3, -0.25) is 4.99 Å². The molecule has 33 heavy (non-hydrogen) atoms. The number of aliphatic imine (C=N–C) groups is 1. The van der Waals surface area contributed by atoms with Crippen LogP contribution in [-0.4, -0.2) is 55.7 Å². The van der Waals surface area contributed by atoms with Gasteiger partial charge in [0.1, 0.15) is 5.82 Å². The molecule has 1 N–H and O–H groups in total. The average molecular weight is 564 g/mol. The second-order valence-electron chi connectivity index (χ2n) is 8.93. The van der Waals surface area contributed by atoms with Gasteiger partial charge in [0.15, 0.2) is 5.96 Å². The third kappa shape index (κ3) is 7.84. The van der Waals surface area contributed by atoms with Gasteiger partial charge in [-0.05, 0) is 42.5 Å². The van der Waals surface area contributed by atoms with Gasteiger partial charge < -0.3 is 19.9 Å². The molecule has 3 heterocycles. The summed E-state index contributed by atoms with van der Waals surface area (Å²) in [5.41, 5.74) is 2.49. The first-order valence-corrected chi connectivity index (χ1v) is 12.1. The summed E-state index contributed by atoms with van der Waals surface area (Å²) >= 11 is 0. The maximum atomic E-state index is 5.98. The highest BCUT2D eigenvalue weighted by atomic mass is 127. The maximum absolute atomic E-state index is 5.98. The molecule has 1 aromatic heterocycles. The summed E-state index contributed by atoms with van der Waals surface area (Å²) in [6.45, 7) is 6.50. The van der Waals surface area contributed by atoms with E-state index in [1.807, 2.05) is 19.3 Å². The maximum Gasteiger partial charge on any atom is 0.193 e. The van der Waals surface area contributed by atoms with E-state index in [1.165, 1.54) is 36.8 Å². The monoisotopic (exact) mass is 563 g/mol. The molecular formula is C26H38IN5O. The fourth-order valence-corrected chi connectivity index (χ4v) is 4.64. The lowest BCUT2D eigenvalue weighted by Gasteiger charge is -2.23. The molecule has 2 saturated heterocycles. The van der Waals surface area contributed by atoms with Gasteiger partial charge in [-0.15, -0.1) is 24.0 Å². The number of pyridine rings is 1. The molecule has 180 valence electrons. The van der Waals surface area contributed by atoms with E-state index in [0.29, 0.717) is 12.5 Å². The lowest BCUT2D eigenvalue weighted by molar-refractivity contribution is 0.0906. The Labute approximate surface area is 215 Å². The van der Waals surface area contributed by atoms with Crippen molar-refractivity contribution in [3.8, 4) is 0 Å². The van der Waals surface area contributed by atoms with Crippen molar-refractivity contribution >= 4 is 35.8 Å². The van der Waals surface area contributed by atoms with Crippen molar-refractivity contribution in [3.05, 3.63) is 59.8 Å². The molecule has 0 spiro atoms. The molecule has 0 bridgehead atoms. The van der Waals surface area contributed by atoms with Crippen molar-refractivity contribution in [3.63, 3.8) is 0 Å². The van der Waals surface area contributed by atoms with Gasteiger partial charge in [-0.2, -0.15) is 0 Å². The van der Waals surface area contributed by atoms with Crippen molar-refractivity contribution in [2.45, 2.75) is 45.3 Å². The number of benzene rings is 1. The molecule has 2 aliphatic rings. The standard InChI is InChI=1S/C26H37N5O.HI/c1-27-26(31-16-12-24(19-31)21-32-20-22-9-5-4-6-10-22)29-18-23-11-13-28-25(17-23)30-14-7-2-3-8-15-30;/h4-6,9-11,13,17,24H,2-3,7-8,12,14-16,18-21H2,1H3,(H,27,29);1H. The van der Waals surface area contributed by atoms with Crippen molar-refractivity contribution in [1.29, 1.82) is 0 Å². The Morgan fingerprint density at radius 2 is 1.85 bits per heavy atom. The predicted octanol–water partition coefficient (Wildman–Crippen LogP) is 4.69. The first-order valence-electron chi connectivity index (χ1n) is 12.1. The molecule has 0 saturated carbocycles. The molecule has 0 radical (unpaired) electrons. The highest BCUT2D eigenvalue weighted by Crippen LogP contribution is 2.19. The number of nitrogens with one attached hydrogen (secondary N) is 1. The van der Waals surface area contributed by atoms with E-state index in [4.69, 9.17) is 4.74 Å². The van der Waals surface area contributed by atoms with Crippen LogP contribution in [0.15, 0.2) is 53.7 Å². The molecule has 1 unspecified atom stereocenters. The summed E-state index contributed by atoms with van der Waals surface area (Å²) in [6, 6.07) is 14.7. The van der Waals surface area contributed by atoms with Crippen molar-refractivity contribution < 1.29 is 4.74 Å². The summed E-state index contributed by atoms with van der Waals surface area (Å²) in [6.07, 6.45) is 8.29. The molecule has 0 aliphatic carbocycles. The third-order valence-electron chi connectivity index (χ3n) is 6.45. The van der Waals surface area contributed by atoms with Crippen molar-refractivity contribution in [1.82, 2.24) is 15.2 Å². The molecule has 1 aromatic carbocycles. The summed E-state index contributed by atoms with van der Waals surface area (Å²) in [7, 11) is 1.87. The number of aromatic nitrogens is 1. The molecular weight excluding hydrogens is 525 g/mol. The summed E-state index contributed by atoms with van der Waals surface area (Å²) in [5, 5.41) is 3.56. The first-order chi connectivity index (χ1) is 15.8. The van der Waals surface area contributed by atoms with Crippen LogP contribution in [0.1, 0.15) is 43.2 Å². The smallest absolute Gasteiger partial charge is 0.193 e. The largest absolute Gasteiger partial charge is 0.376 e. The van der Waals surface area contributed by atoms with Crippen LogP contribution in [0.25, 0.3) is 0 Å². The number of nitrogens with zero attached hydrogens (tertiary/aromatic N) is 4. The van der Waals surface area contributed by atoms with Gasteiger partial charge in [-0.1, -0.05) is 43.2 Å². The van der Waals surface area contributed by atoms with E-state index >= 15 is 0 Å². The highest BCUT2D eigenvalue weighted by molar-refractivity contribution is 14.0. The third-order valence-corrected chi connectivity index (χ3v) is 6.45. The fourth-order valence-electron chi connectivity index (χ4n) is 4.64. The Bertz CT molecular complexity index is 855. The van der Waals surface area contributed by atoms with Crippen LogP contribution in [-0.2, 0) is 17.9 Å². The van der Waals surface area contributed by atoms with E-state index in [0.717, 1.165) is 57.5 Å². The van der Waals surface area contributed by atoms with Crippen LogP contribution in [0.5, 0.6) is 0 Å². The Balaban J connectivity index is 0.00000306. The van der Waals surface area contributed by atoms with Crippen LogP contribution in [0.2, 0.25) is 0 Å². The minimum Gasteiger partial charge on any atom is -0.376 e. The van der Waals surface area contributed by atoms with Crippen LogP contribution in [0, 0.1) is 5.92 Å². The molecule has 4 rings (SSSR count). The number of rotatable bonds is 7. The Hall–Kier alpha value is -1.87. The molecule has 6 nitrogen and oxygen atoms in total. The average Bonchev–Trinajstić information content (AvgIpc) is 3.12. The molecule has 2 fully saturated rings. The van der Waals surface area contributed by atoms with Crippen LogP contribution in [0.3, 0.4) is 0 Å². The number of guanidine groups is 1. The zero-order chi connectivity index (χ0) is 22.0. The highest BCUT2D eigenvalue weighted by Gasteiger charge is 2.25. The number of hydrogen-bond donors (Lipinski definition) is 1. The van der Waals surface area contributed by atoms with Gasteiger partial charge in [0.25, 0.3) is 0 Å².